The summed E-state index contributed by atoms with van der Waals surface area (Å²) >= 11 is 0. The Morgan fingerprint density at radius 1 is 0.465 bits per heavy atom. The number of hydrogen-bond donors (Lipinski definition) is 0. The predicted molar refractivity (Wildman–Crippen MR) is 122 cm³/mol. The van der Waals surface area contributed by atoms with E-state index >= 15 is 0 Å². The lowest BCUT2D eigenvalue weighted by atomic mass is 9.99. The second-order valence-corrected chi connectivity index (χ2v) is 8.54. The van der Waals surface area contributed by atoms with E-state index in [1.54, 1.807) is 0 Å². The van der Waals surface area contributed by atoms with Crippen molar-refractivity contribution < 1.29 is 48.3 Å². The SMILES string of the molecule is Cc1c(F)c(F)c(C(C#N)=C2C(=C(C#N)c3nc(F)nc(F)c3F)C2=C(C#N)c2c(F)c(F)c(C)c(F)c2F)c(F)c1F. The molecule has 1 saturated carbocycles. The van der Waals surface area contributed by atoms with Gasteiger partial charge in [-0.3, -0.25) is 0 Å². The van der Waals surface area contributed by atoms with Crippen LogP contribution in [0.3, 0.4) is 0 Å². The standard InChI is InChI=1S/C27H6F11N5/c1-6-16(28)20(32)14(21(33)17(6)29)8(3-39)11-12(9(4-40)15-22(34)18(30)7(2)19(31)23(15)35)13(11)10(5-41)25-24(36)26(37)43-27(38)42-25/h1-2H3. The van der Waals surface area contributed by atoms with Crippen LogP contribution in [-0.4, -0.2) is 9.97 Å². The molecule has 216 valence electrons. The molecule has 1 heterocycles. The zero-order valence-corrected chi connectivity index (χ0v) is 20.9. The molecule has 4 rings (SSSR count). The van der Waals surface area contributed by atoms with Crippen molar-refractivity contribution in [2.75, 3.05) is 0 Å². The van der Waals surface area contributed by atoms with Crippen LogP contribution < -0.4 is 0 Å². The molecule has 1 aliphatic carbocycles. The van der Waals surface area contributed by atoms with E-state index in [4.69, 9.17) is 0 Å². The van der Waals surface area contributed by atoms with Crippen LogP contribution in [0.1, 0.15) is 27.9 Å². The molecule has 0 bridgehead atoms. The van der Waals surface area contributed by atoms with Gasteiger partial charge in [0.2, 0.25) is 5.82 Å². The normalized spacial score (nSPS) is 14.6. The molecule has 3 aromatic rings. The largest absolute Gasteiger partial charge is 0.312 e. The lowest BCUT2D eigenvalue weighted by molar-refractivity contribution is 0.423. The third kappa shape index (κ3) is 4.46. The number of rotatable bonds is 3. The molecule has 0 atom stereocenters. The molecule has 0 amide bonds. The van der Waals surface area contributed by atoms with Gasteiger partial charge in [-0.25, -0.2) is 35.1 Å². The van der Waals surface area contributed by atoms with E-state index in [9.17, 15) is 64.1 Å². The van der Waals surface area contributed by atoms with Gasteiger partial charge in [-0.05, 0) is 13.8 Å². The molecule has 1 fully saturated rings. The Kier molecular flexibility index (Phi) is 7.56. The Labute approximate surface area is 232 Å². The fourth-order valence-electron chi connectivity index (χ4n) is 4.12. The monoisotopic (exact) mass is 609 g/mol. The topological polar surface area (TPSA) is 97.2 Å². The molecule has 5 nitrogen and oxygen atoms in total. The van der Waals surface area contributed by atoms with Crippen molar-refractivity contribution in [2.45, 2.75) is 13.8 Å². The minimum absolute atomic E-state index is 0.613. The number of allylic oxidation sites excluding steroid dienone is 6. The Balaban J connectivity index is 2.32. The summed E-state index contributed by atoms with van der Waals surface area (Å²) in [7, 11) is 0. The van der Waals surface area contributed by atoms with Crippen LogP contribution in [0.5, 0.6) is 0 Å². The number of halogens is 11. The van der Waals surface area contributed by atoms with E-state index in [1.807, 2.05) is 0 Å². The van der Waals surface area contributed by atoms with E-state index in [2.05, 4.69) is 9.97 Å². The van der Waals surface area contributed by atoms with Crippen LogP contribution in [0.25, 0.3) is 16.7 Å². The summed E-state index contributed by atoms with van der Waals surface area (Å²) in [6.07, 6.45) is -1.99. The summed E-state index contributed by atoms with van der Waals surface area (Å²) in [5.41, 5.74) is -15.2. The van der Waals surface area contributed by atoms with E-state index < -0.39 is 126 Å². The van der Waals surface area contributed by atoms with Gasteiger partial charge in [0.05, 0.1) is 27.8 Å². The molecule has 16 heteroatoms. The number of nitrogens with zero attached hydrogens (tertiary/aromatic N) is 5. The van der Waals surface area contributed by atoms with Crippen LogP contribution in [0, 0.1) is 112 Å². The first-order valence-corrected chi connectivity index (χ1v) is 11.1. The van der Waals surface area contributed by atoms with Crippen molar-refractivity contribution in [2.24, 2.45) is 0 Å². The van der Waals surface area contributed by atoms with Gasteiger partial charge in [0, 0.05) is 27.8 Å². The van der Waals surface area contributed by atoms with Gasteiger partial charge in [0.25, 0.3) is 5.95 Å². The van der Waals surface area contributed by atoms with Gasteiger partial charge in [0.15, 0.2) is 46.5 Å². The van der Waals surface area contributed by atoms with Gasteiger partial charge in [0.1, 0.15) is 23.9 Å². The van der Waals surface area contributed by atoms with Crippen molar-refractivity contribution >= 4 is 16.7 Å². The van der Waals surface area contributed by atoms with Crippen molar-refractivity contribution in [3.63, 3.8) is 0 Å². The van der Waals surface area contributed by atoms with Gasteiger partial charge in [-0.1, -0.05) is 0 Å². The maximum atomic E-state index is 14.9. The van der Waals surface area contributed by atoms with Gasteiger partial charge < -0.3 is 0 Å². The fraction of sp³-hybridized carbons (Fsp3) is 0.0741. The van der Waals surface area contributed by atoms with Crippen LogP contribution >= 0.6 is 0 Å². The van der Waals surface area contributed by atoms with Gasteiger partial charge in [-0.15, -0.1) is 0 Å². The average Bonchev–Trinajstić information content (AvgIpc) is 3.69. The third-order valence-corrected chi connectivity index (χ3v) is 6.26. The first kappa shape index (κ1) is 30.4. The molecule has 1 aliphatic rings. The summed E-state index contributed by atoms with van der Waals surface area (Å²) < 4.78 is 159. The second-order valence-electron chi connectivity index (χ2n) is 8.54. The average molecular weight is 609 g/mol. The summed E-state index contributed by atoms with van der Waals surface area (Å²) in [5, 5.41) is 29.3. The fourth-order valence-corrected chi connectivity index (χ4v) is 4.12. The molecular weight excluding hydrogens is 603 g/mol. The molecule has 0 radical (unpaired) electrons. The first-order valence-electron chi connectivity index (χ1n) is 11.1. The zero-order chi connectivity index (χ0) is 32.2. The minimum Gasteiger partial charge on any atom is -0.203 e. The number of nitriles is 3. The number of aromatic nitrogens is 2. The molecule has 1 aromatic heterocycles. The Hall–Kier alpha value is -5.56. The molecule has 0 aliphatic heterocycles. The highest BCUT2D eigenvalue weighted by Crippen LogP contribution is 2.57. The van der Waals surface area contributed by atoms with Gasteiger partial charge >= 0.3 is 6.08 Å². The smallest absolute Gasteiger partial charge is 0.203 e. The predicted octanol–water partition coefficient (Wildman–Crippen LogP) is 6.87. The Morgan fingerprint density at radius 2 is 0.791 bits per heavy atom. The molecule has 43 heavy (non-hydrogen) atoms. The lowest BCUT2D eigenvalue weighted by Gasteiger charge is -2.09. The van der Waals surface area contributed by atoms with Crippen LogP contribution in [0.15, 0.2) is 16.7 Å². The maximum absolute atomic E-state index is 14.9. The summed E-state index contributed by atoms with van der Waals surface area (Å²) in [6, 6.07) is 3.42. The van der Waals surface area contributed by atoms with E-state index in [0.29, 0.717) is 13.8 Å². The first-order chi connectivity index (χ1) is 20.2. The number of benzene rings is 2. The molecule has 0 unspecified atom stereocenters. The Morgan fingerprint density at radius 3 is 1.12 bits per heavy atom. The molecule has 0 N–H and O–H groups in total. The van der Waals surface area contributed by atoms with Gasteiger partial charge in [-0.2, -0.15) is 38.9 Å². The summed E-state index contributed by atoms with van der Waals surface area (Å²) in [6.45, 7) is 1.23. The maximum Gasteiger partial charge on any atom is 0.312 e. The third-order valence-electron chi connectivity index (χ3n) is 6.26. The molecule has 2 aromatic carbocycles. The minimum atomic E-state index is -2.21. The lowest BCUT2D eigenvalue weighted by Crippen LogP contribution is -2.06. The number of hydrogen-bond acceptors (Lipinski definition) is 5. The van der Waals surface area contributed by atoms with Crippen LogP contribution in [-0.2, 0) is 0 Å². The van der Waals surface area contributed by atoms with E-state index in [-0.39, 0.29) is 0 Å². The van der Waals surface area contributed by atoms with Crippen molar-refractivity contribution in [3.05, 3.63) is 109 Å². The highest BCUT2D eigenvalue weighted by molar-refractivity contribution is 6.12. The summed E-state index contributed by atoms with van der Waals surface area (Å²) in [5.74, 6) is -21.3. The molecule has 0 spiro atoms. The van der Waals surface area contributed by atoms with Crippen LogP contribution in [0.4, 0.5) is 48.3 Å². The second kappa shape index (κ2) is 10.7. The zero-order valence-electron chi connectivity index (χ0n) is 20.9. The summed E-state index contributed by atoms with van der Waals surface area (Å²) in [4.78, 5) is 5.30. The van der Waals surface area contributed by atoms with E-state index in [1.165, 1.54) is 6.07 Å². The van der Waals surface area contributed by atoms with E-state index in [0.717, 1.165) is 12.1 Å². The van der Waals surface area contributed by atoms with Crippen LogP contribution in [0.2, 0.25) is 0 Å². The quantitative estimate of drug-likeness (QED) is 0.106. The van der Waals surface area contributed by atoms with Crippen molar-refractivity contribution in [3.8, 4) is 18.2 Å². The Bertz CT molecular complexity index is 1880. The highest BCUT2D eigenvalue weighted by atomic mass is 19.2. The van der Waals surface area contributed by atoms with Crippen molar-refractivity contribution in [1.82, 2.24) is 9.97 Å². The van der Waals surface area contributed by atoms with Crippen molar-refractivity contribution in [1.29, 1.82) is 15.8 Å². The molecular formula is C27H6F11N5. The molecule has 0 saturated heterocycles. The highest BCUT2D eigenvalue weighted by Gasteiger charge is 2.45.